The molecule has 1 saturated carbocycles. The van der Waals surface area contributed by atoms with Crippen molar-refractivity contribution in [1.29, 1.82) is 0 Å². The highest BCUT2D eigenvalue weighted by atomic mass is 28.3. The van der Waals surface area contributed by atoms with E-state index in [9.17, 15) is 4.79 Å². The Morgan fingerprint density at radius 2 is 1.61 bits per heavy atom. The summed E-state index contributed by atoms with van der Waals surface area (Å²) in [5, 5.41) is 1.59. The van der Waals surface area contributed by atoms with Crippen molar-refractivity contribution in [2.45, 2.75) is 90.5 Å². The van der Waals surface area contributed by atoms with E-state index in [1.807, 2.05) is 30.3 Å². The summed E-state index contributed by atoms with van der Waals surface area (Å²) in [7, 11) is -0.756. The Hall–Kier alpha value is -5.36. The SMILES string of the molecule is COCOc1cc(-c2ncc3c(N4CC5CCC(C5)C4)nc(OCCCN4CCN(C(=O)OCc5ccccc5)CC4)nc3c2F)c2c(C#C[Si](C(C)C)(C(C)C)C(C)C)c(F)ccc2c1. The second-order valence-electron chi connectivity index (χ2n) is 19.2. The minimum atomic E-state index is -2.29. The predicted molar refractivity (Wildman–Crippen MR) is 258 cm³/mol. The molecule has 4 heterocycles. The fraction of sp³-hybridized carbons (Fsp3) is 0.500. The topological polar surface area (TPSA) is 102 Å². The number of hydrogen-bond acceptors (Lipinski definition) is 10. The molecule has 2 saturated heterocycles. The van der Waals surface area contributed by atoms with Crippen molar-refractivity contribution in [3.8, 4) is 34.5 Å². The van der Waals surface area contributed by atoms with Crippen molar-refractivity contribution in [3.63, 3.8) is 0 Å². The van der Waals surface area contributed by atoms with E-state index in [0.29, 0.717) is 87.9 Å². The molecule has 3 aliphatic rings. The molecule has 8 rings (SSSR count). The Labute approximate surface area is 389 Å². The van der Waals surface area contributed by atoms with Crippen molar-refractivity contribution < 1.29 is 32.5 Å². The largest absolute Gasteiger partial charge is 0.468 e. The molecular formula is C52H64F2N6O5Si. The Bertz CT molecular complexity index is 2540. The smallest absolute Gasteiger partial charge is 0.410 e. The summed E-state index contributed by atoms with van der Waals surface area (Å²) in [6, 6.07) is 16.4. The van der Waals surface area contributed by atoms with Crippen LogP contribution in [0.2, 0.25) is 16.6 Å². The van der Waals surface area contributed by atoms with Crippen LogP contribution in [-0.4, -0.2) is 105 Å². The van der Waals surface area contributed by atoms with Crippen LogP contribution >= 0.6 is 0 Å². The van der Waals surface area contributed by atoms with Crippen LogP contribution in [-0.2, 0) is 16.1 Å². The third-order valence-electron chi connectivity index (χ3n) is 14.1. The first-order valence-electron chi connectivity index (χ1n) is 23.7. The summed E-state index contributed by atoms with van der Waals surface area (Å²) in [6.45, 7) is 18.8. The number of piperazine rings is 1. The molecule has 350 valence electrons. The Morgan fingerprint density at radius 1 is 0.894 bits per heavy atom. The van der Waals surface area contributed by atoms with Crippen LogP contribution in [0.3, 0.4) is 0 Å². The molecule has 2 bridgehead atoms. The highest BCUT2D eigenvalue weighted by Gasteiger charge is 2.42. The quantitative estimate of drug-likeness (QED) is 0.0437. The number of hydrogen-bond donors (Lipinski definition) is 0. The Morgan fingerprint density at radius 3 is 2.29 bits per heavy atom. The Kier molecular flexibility index (Phi) is 14.8. The van der Waals surface area contributed by atoms with Gasteiger partial charge in [-0.1, -0.05) is 83.9 Å². The van der Waals surface area contributed by atoms with E-state index >= 15 is 8.78 Å². The predicted octanol–water partition coefficient (Wildman–Crippen LogP) is 10.6. The standard InChI is InChI=1S/C52H64F2N6O5Si/c1-34(2)66(35(3)4,36(5)6)25-18-42-45(53)17-16-40-27-41(65-33-62-7)28-43(46(40)42)48-47(54)49-44(29-55-48)50(60-30-38-14-15-39(26-38)31-60)57-51(56-49)63-24-11-19-58-20-22-59(23-21-58)52(61)64-32-37-12-9-8-10-13-37/h8-10,12-13,16-17,27-29,34-36,38-39H,11,14-15,19-24,26,30-33H2,1-7H3. The second kappa shape index (κ2) is 20.7. The average molecular weight is 919 g/mol. The second-order valence-corrected chi connectivity index (χ2v) is 24.8. The molecule has 1 aliphatic carbocycles. The van der Waals surface area contributed by atoms with Crippen molar-refractivity contribution in [2.75, 3.05) is 71.2 Å². The lowest BCUT2D eigenvalue weighted by Crippen LogP contribution is -2.49. The van der Waals surface area contributed by atoms with Gasteiger partial charge in [-0.15, -0.1) is 5.54 Å². The minimum absolute atomic E-state index is 0.00140. The number of pyridine rings is 1. The van der Waals surface area contributed by atoms with Gasteiger partial charge in [-0.25, -0.2) is 13.6 Å². The van der Waals surface area contributed by atoms with Crippen LogP contribution in [0.1, 0.15) is 78.4 Å². The monoisotopic (exact) mass is 918 g/mol. The average Bonchev–Trinajstić information content (AvgIpc) is 3.66. The maximum atomic E-state index is 17.7. The van der Waals surface area contributed by atoms with Crippen molar-refractivity contribution >= 4 is 41.7 Å². The number of methoxy groups -OCH3 is 1. The fourth-order valence-electron chi connectivity index (χ4n) is 10.8. The van der Waals surface area contributed by atoms with E-state index in [1.54, 1.807) is 29.3 Å². The lowest BCUT2D eigenvalue weighted by atomic mass is 9.95. The Balaban J connectivity index is 1.10. The number of rotatable bonds is 15. The number of benzene rings is 3. The third-order valence-corrected chi connectivity index (χ3v) is 20.4. The molecule has 2 unspecified atom stereocenters. The van der Waals surface area contributed by atoms with Gasteiger partial charge < -0.3 is 28.7 Å². The van der Waals surface area contributed by atoms with Gasteiger partial charge in [-0.3, -0.25) is 9.88 Å². The molecule has 2 atom stereocenters. The fourth-order valence-corrected chi connectivity index (χ4v) is 16.1. The van der Waals surface area contributed by atoms with Crippen LogP contribution in [0.25, 0.3) is 32.9 Å². The molecule has 3 fully saturated rings. The molecule has 2 aromatic heterocycles. The van der Waals surface area contributed by atoms with Gasteiger partial charge in [0.1, 0.15) is 43.3 Å². The maximum Gasteiger partial charge on any atom is 0.410 e. The van der Waals surface area contributed by atoms with Crippen LogP contribution < -0.4 is 14.4 Å². The van der Waals surface area contributed by atoms with Crippen LogP contribution in [0, 0.1) is 34.9 Å². The molecule has 1 amide bonds. The highest BCUT2D eigenvalue weighted by Crippen LogP contribution is 2.44. The first-order chi connectivity index (χ1) is 31.9. The zero-order valence-corrected chi connectivity index (χ0v) is 40.5. The van der Waals surface area contributed by atoms with E-state index in [4.69, 9.17) is 33.9 Å². The number of carbonyl (C=O) groups is 1. The summed E-state index contributed by atoms with van der Waals surface area (Å²) in [5.41, 5.74) is 6.27. The van der Waals surface area contributed by atoms with Crippen molar-refractivity contribution in [3.05, 3.63) is 83.6 Å². The zero-order valence-electron chi connectivity index (χ0n) is 39.5. The lowest BCUT2D eigenvalue weighted by molar-refractivity contribution is 0.0512. The molecule has 5 aromatic rings. The molecular weight excluding hydrogens is 855 g/mol. The van der Waals surface area contributed by atoms with Gasteiger partial charge >= 0.3 is 12.1 Å². The number of nitrogens with zero attached hydrogens (tertiary/aromatic N) is 6. The molecule has 3 aromatic carbocycles. The summed E-state index contributed by atoms with van der Waals surface area (Å²) in [6.07, 6.45) is 5.54. The molecule has 11 nitrogen and oxygen atoms in total. The van der Waals surface area contributed by atoms with Gasteiger partial charge in [0.05, 0.1) is 17.6 Å². The summed E-state index contributed by atoms with van der Waals surface area (Å²) < 4.78 is 57.0. The number of ether oxygens (including phenoxy) is 4. The number of piperidine rings is 1. The highest BCUT2D eigenvalue weighted by molar-refractivity contribution is 6.90. The van der Waals surface area contributed by atoms with Crippen molar-refractivity contribution in [1.82, 2.24) is 24.8 Å². The number of fused-ring (bicyclic) bond motifs is 4. The molecule has 0 radical (unpaired) electrons. The number of aromatic nitrogens is 3. The van der Waals surface area contributed by atoms with Gasteiger partial charge in [0.15, 0.2) is 12.6 Å². The van der Waals surface area contributed by atoms with Gasteiger partial charge in [0, 0.05) is 70.1 Å². The minimum Gasteiger partial charge on any atom is -0.468 e. The molecule has 0 spiro atoms. The summed E-state index contributed by atoms with van der Waals surface area (Å²) in [5.74, 6) is 4.33. The van der Waals surface area contributed by atoms with Crippen LogP contribution in [0.5, 0.6) is 11.8 Å². The number of carbonyl (C=O) groups excluding carboxylic acids is 1. The first kappa shape index (κ1) is 47.1. The molecule has 14 heteroatoms. The van der Waals surface area contributed by atoms with Gasteiger partial charge in [-0.05, 0) is 83.3 Å². The van der Waals surface area contributed by atoms with Crippen molar-refractivity contribution in [2.24, 2.45) is 11.8 Å². The number of amides is 1. The molecule has 66 heavy (non-hydrogen) atoms. The number of anilines is 1. The van der Waals surface area contributed by atoms with E-state index < -0.39 is 19.7 Å². The van der Waals surface area contributed by atoms with Gasteiger partial charge in [0.2, 0.25) is 0 Å². The van der Waals surface area contributed by atoms with E-state index in [-0.39, 0.29) is 42.3 Å². The van der Waals surface area contributed by atoms with E-state index in [1.165, 1.54) is 32.4 Å². The van der Waals surface area contributed by atoms with Crippen LogP contribution in [0.4, 0.5) is 19.4 Å². The summed E-state index contributed by atoms with van der Waals surface area (Å²) >= 11 is 0. The molecule has 0 N–H and O–H groups in total. The van der Waals surface area contributed by atoms with Gasteiger partial charge in [-0.2, -0.15) is 9.97 Å². The molecule has 2 aliphatic heterocycles. The van der Waals surface area contributed by atoms with E-state index in [2.05, 4.69) is 62.8 Å². The lowest BCUT2D eigenvalue weighted by Gasteiger charge is -2.38. The van der Waals surface area contributed by atoms with E-state index in [0.717, 1.165) is 38.3 Å². The van der Waals surface area contributed by atoms with Gasteiger partial charge in [0.25, 0.3) is 0 Å². The van der Waals surface area contributed by atoms with Crippen LogP contribution in [0.15, 0.2) is 60.8 Å². The first-order valence-corrected chi connectivity index (χ1v) is 25.9. The third kappa shape index (κ3) is 9.99. The maximum absolute atomic E-state index is 17.7. The number of halogens is 2. The zero-order chi connectivity index (χ0) is 46.5. The normalized spacial score (nSPS) is 17.8. The summed E-state index contributed by atoms with van der Waals surface area (Å²) in [4.78, 5) is 33.5.